The number of aromatic nitrogens is 1. The molecule has 1 heterocycles. The lowest BCUT2D eigenvalue weighted by Crippen LogP contribution is -2.17. The number of hydrogen-bond acceptors (Lipinski definition) is 4. The normalized spacial score (nSPS) is 11.7. The van der Waals surface area contributed by atoms with Gasteiger partial charge in [-0.2, -0.15) is 0 Å². The molecule has 0 spiro atoms. The Hall–Kier alpha value is -2.37. The zero-order chi connectivity index (χ0) is 16.9. The molecule has 2 aromatic carbocycles. The van der Waals surface area contributed by atoms with E-state index in [1.54, 1.807) is 18.4 Å². The summed E-state index contributed by atoms with van der Waals surface area (Å²) in [5.74, 6) is 0.826. The second-order valence-corrected chi connectivity index (χ2v) is 6.24. The standard InChI is InChI=1S/C19H20N2O2S/c1-14-5-3-4-6-17(14)20-19-21(11-12-22)18(13-24-19)15-7-9-16(23-2)10-8-15/h3-10,13,22H,11-12H2,1-2H3. The third-order valence-electron chi connectivity index (χ3n) is 3.84. The Bertz CT molecular complexity index is 879. The monoisotopic (exact) mass is 340 g/mol. The largest absolute Gasteiger partial charge is 0.497 e. The molecule has 0 radical (unpaired) electrons. The number of ether oxygens (including phenoxy) is 1. The first-order valence-electron chi connectivity index (χ1n) is 7.77. The Kier molecular flexibility index (Phi) is 5.13. The van der Waals surface area contributed by atoms with Gasteiger partial charge in [-0.1, -0.05) is 18.2 Å². The highest BCUT2D eigenvalue weighted by molar-refractivity contribution is 7.07. The molecule has 5 heteroatoms. The Morgan fingerprint density at radius 3 is 2.54 bits per heavy atom. The van der Waals surface area contributed by atoms with Crippen molar-refractivity contribution in [2.24, 2.45) is 4.99 Å². The van der Waals surface area contributed by atoms with Crippen molar-refractivity contribution in [1.29, 1.82) is 0 Å². The number of methoxy groups -OCH3 is 1. The Labute approximate surface area is 145 Å². The van der Waals surface area contributed by atoms with E-state index < -0.39 is 0 Å². The lowest BCUT2D eigenvalue weighted by atomic mass is 10.1. The molecule has 24 heavy (non-hydrogen) atoms. The third kappa shape index (κ3) is 3.42. The molecule has 124 valence electrons. The van der Waals surface area contributed by atoms with Crippen LogP contribution in [0, 0.1) is 6.92 Å². The lowest BCUT2D eigenvalue weighted by Gasteiger charge is -2.08. The summed E-state index contributed by atoms with van der Waals surface area (Å²) in [6, 6.07) is 16.0. The molecule has 0 aliphatic carbocycles. The van der Waals surface area contributed by atoms with Gasteiger partial charge in [0.15, 0.2) is 4.80 Å². The van der Waals surface area contributed by atoms with Crippen LogP contribution < -0.4 is 9.54 Å². The second-order valence-electron chi connectivity index (χ2n) is 5.41. The minimum Gasteiger partial charge on any atom is -0.497 e. The first kappa shape index (κ1) is 16.5. The van der Waals surface area contributed by atoms with E-state index in [1.807, 2.05) is 55.5 Å². The summed E-state index contributed by atoms with van der Waals surface area (Å²) in [6.45, 7) is 2.63. The van der Waals surface area contributed by atoms with Crippen LogP contribution >= 0.6 is 11.3 Å². The van der Waals surface area contributed by atoms with Gasteiger partial charge < -0.3 is 14.4 Å². The van der Waals surface area contributed by atoms with Crippen LogP contribution in [0.3, 0.4) is 0 Å². The molecule has 3 aromatic rings. The predicted octanol–water partition coefficient (Wildman–Crippen LogP) is 3.76. The van der Waals surface area contributed by atoms with Crippen molar-refractivity contribution in [3.05, 3.63) is 64.3 Å². The highest BCUT2D eigenvalue weighted by atomic mass is 32.1. The van der Waals surface area contributed by atoms with E-state index in [1.165, 1.54) is 0 Å². The fraction of sp³-hybridized carbons (Fsp3) is 0.211. The molecule has 3 rings (SSSR count). The summed E-state index contributed by atoms with van der Waals surface area (Å²) in [6.07, 6.45) is 0. The highest BCUT2D eigenvalue weighted by Crippen LogP contribution is 2.24. The van der Waals surface area contributed by atoms with Crippen LogP contribution in [-0.2, 0) is 6.54 Å². The Balaban J connectivity index is 2.09. The van der Waals surface area contributed by atoms with Crippen LogP contribution in [0.1, 0.15) is 5.56 Å². The maximum absolute atomic E-state index is 9.46. The number of aliphatic hydroxyl groups is 1. The minimum absolute atomic E-state index is 0.0703. The fourth-order valence-electron chi connectivity index (χ4n) is 2.52. The number of thiazole rings is 1. The molecule has 0 saturated heterocycles. The van der Waals surface area contributed by atoms with Crippen molar-refractivity contribution >= 4 is 17.0 Å². The molecular formula is C19H20N2O2S. The number of benzene rings is 2. The number of nitrogens with zero attached hydrogens (tertiary/aromatic N) is 2. The van der Waals surface area contributed by atoms with Gasteiger partial charge in [0, 0.05) is 11.9 Å². The smallest absolute Gasteiger partial charge is 0.190 e. The molecule has 0 atom stereocenters. The van der Waals surface area contributed by atoms with Crippen molar-refractivity contribution in [3.8, 4) is 17.0 Å². The Morgan fingerprint density at radius 1 is 1.12 bits per heavy atom. The minimum atomic E-state index is 0.0703. The van der Waals surface area contributed by atoms with Gasteiger partial charge in [0.05, 0.1) is 25.1 Å². The molecule has 0 unspecified atom stereocenters. The molecule has 0 aliphatic heterocycles. The maximum Gasteiger partial charge on any atom is 0.190 e. The van der Waals surface area contributed by atoms with E-state index in [2.05, 4.69) is 9.95 Å². The summed E-state index contributed by atoms with van der Waals surface area (Å²) in [4.78, 5) is 5.66. The molecule has 4 nitrogen and oxygen atoms in total. The molecule has 0 fully saturated rings. The summed E-state index contributed by atoms with van der Waals surface area (Å²) in [5.41, 5.74) is 4.20. The van der Waals surface area contributed by atoms with E-state index >= 15 is 0 Å². The molecular weight excluding hydrogens is 320 g/mol. The predicted molar refractivity (Wildman–Crippen MR) is 97.8 cm³/mol. The maximum atomic E-state index is 9.46. The van der Waals surface area contributed by atoms with Crippen LogP contribution in [0.5, 0.6) is 5.75 Å². The number of rotatable bonds is 5. The SMILES string of the molecule is COc1ccc(-c2csc(=Nc3ccccc3C)n2CCO)cc1. The summed E-state index contributed by atoms with van der Waals surface area (Å²) in [5, 5.41) is 11.5. The van der Waals surface area contributed by atoms with Gasteiger partial charge in [-0.15, -0.1) is 11.3 Å². The van der Waals surface area contributed by atoms with E-state index in [9.17, 15) is 5.11 Å². The highest BCUT2D eigenvalue weighted by Gasteiger charge is 2.08. The van der Waals surface area contributed by atoms with Crippen LogP contribution in [0.2, 0.25) is 0 Å². The zero-order valence-electron chi connectivity index (χ0n) is 13.8. The van der Waals surface area contributed by atoms with Crippen molar-refractivity contribution in [2.45, 2.75) is 13.5 Å². The van der Waals surface area contributed by atoms with Gasteiger partial charge in [-0.05, 0) is 48.4 Å². The molecule has 1 N–H and O–H groups in total. The quantitative estimate of drug-likeness (QED) is 0.769. The topological polar surface area (TPSA) is 46.8 Å². The Morgan fingerprint density at radius 2 is 1.88 bits per heavy atom. The average Bonchev–Trinajstić information content (AvgIpc) is 3.00. The van der Waals surface area contributed by atoms with Gasteiger partial charge >= 0.3 is 0 Å². The molecule has 0 aliphatic rings. The molecule has 0 bridgehead atoms. The first-order chi connectivity index (χ1) is 11.7. The van der Waals surface area contributed by atoms with E-state index in [0.717, 1.165) is 33.1 Å². The van der Waals surface area contributed by atoms with E-state index in [4.69, 9.17) is 9.73 Å². The van der Waals surface area contributed by atoms with Crippen LogP contribution in [0.4, 0.5) is 5.69 Å². The molecule has 1 aromatic heterocycles. The average molecular weight is 340 g/mol. The fourth-order valence-corrected chi connectivity index (χ4v) is 3.47. The van der Waals surface area contributed by atoms with Gasteiger partial charge in [-0.3, -0.25) is 0 Å². The van der Waals surface area contributed by atoms with Gasteiger partial charge in [0.25, 0.3) is 0 Å². The van der Waals surface area contributed by atoms with E-state index in [-0.39, 0.29) is 6.61 Å². The first-order valence-corrected chi connectivity index (χ1v) is 8.65. The van der Waals surface area contributed by atoms with Gasteiger partial charge in [-0.25, -0.2) is 4.99 Å². The molecule has 0 amide bonds. The van der Waals surface area contributed by atoms with E-state index in [0.29, 0.717) is 6.54 Å². The number of aryl methyl sites for hydroxylation is 1. The van der Waals surface area contributed by atoms with Crippen LogP contribution in [0.25, 0.3) is 11.3 Å². The van der Waals surface area contributed by atoms with Gasteiger partial charge in [0.2, 0.25) is 0 Å². The number of hydrogen-bond donors (Lipinski definition) is 1. The van der Waals surface area contributed by atoms with Crippen LogP contribution in [-0.4, -0.2) is 23.4 Å². The summed E-state index contributed by atoms with van der Waals surface area (Å²) < 4.78 is 7.27. The number of aliphatic hydroxyl groups excluding tert-OH is 1. The third-order valence-corrected chi connectivity index (χ3v) is 4.70. The van der Waals surface area contributed by atoms with Crippen molar-refractivity contribution in [3.63, 3.8) is 0 Å². The zero-order valence-corrected chi connectivity index (χ0v) is 14.6. The van der Waals surface area contributed by atoms with Crippen LogP contribution in [0.15, 0.2) is 58.9 Å². The van der Waals surface area contributed by atoms with Crippen molar-refractivity contribution < 1.29 is 9.84 Å². The van der Waals surface area contributed by atoms with Gasteiger partial charge in [0.1, 0.15) is 5.75 Å². The molecule has 0 saturated carbocycles. The summed E-state index contributed by atoms with van der Waals surface area (Å²) in [7, 11) is 1.66. The van der Waals surface area contributed by atoms with Crippen molar-refractivity contribution in [1.82, 2.24) is 4.57 Å². The second kappa shape index (κ2) is 7.47. The lowest BCUT2D eigenvalue weighted by molar-refractivity contribution is 0.275. The number of para-hydroxylation sites is 1. The summed E-state index contributed by atoms with van der Waals surface area (Å²) >= 11 is 1.58. The van der Waals surface area contributed by atoms with Crippen molar-refractivity contribution in [2.75, 3.05) is 13.7 Å².